The molecule has 4 heterocycles. The number of nitrogens with zero attached hydrogens (tertiary/aromatic N) is 3. The van der Waals surface area contributed by atoms with Crippen LogP contribution < -0.4 is 10.1 Å². The molecule has 1 atom stereocenters. The van der Waals surface area contributed by atoms with Crippen molar-refractivity contribution in [3.63, 3.8) is 0 Å². The average Bonchev–Trinajstić information content (AvgIpc) is 3.28. The third-order valence-corrected chi connectivity index (χ3v) is 4.71. The average molecular weight is 349 g/mol. The van der Waals surface area contributed by atoms with Gasteiger partial charge in [-0.25, -0.2) is 0 Å². The second-order valence-electron chi connectivity index (χ2n) is 5.14. The predicted molar refractivity (Wildman–Crippen MR) is 87.8 cm³/mol. The van der Waals surface area contributed by atoms with Gasteiger partial charge in [0.25, 0.3) is 5.89 Å². The van der Waals surface area contributed by atoms with Crippen LogP contribution in [0, 0.1) is 0 Å². The lowest BCUT2D eigenvalue weighted by molar-refractivity contribution is 0.223. The number of hydrogen-bond donors (Lipinski definition) is 1. The summed E-state index contributed by atoms with van der Waals surface area (Å²) in [5.74, 6) is 1.62. The van der Waals surface area contributed by atoms with Crippen LogP contribution in [0.5, 0.6) is 5.75 Å². The quantitative estimate of drug-likeness (QED) is 0.780. The highest BCUT2D eigenvalue weighted by atomic mass is 35.5. The highest BCUT2D eigenvalue weighted by molar-refractivity contribution is 7.19. The van der Waals surface area contributed by atoms with E-state index in [1.807, 2.05) is 18.2 Å². The molecule has 1 fully saturated rings. The van der Waals surface area contributed by atoms with Crippen LogP contribution in [0.1, 0.15) is 6.42 Å². The van der Waals surface area contributed by atoms with Crippen molar-refractivity contribution < 1.29 is 9.26 Å². The molecule has 0 bridgehead atoms. The van der Waals surface area contributed by atoms with Crippen LogP contribution in [-0.2, 0) is 0 Å². The summed E-state index contributed by atoms with van der Waals surface area (Å²) in [5.41, 5.74) is 0.617. The second-order valence-corrected chi connectivity index (χ2v) is 6.85. The molecule has 0 spiro atoms. The van der Waals surface area contributed by atoms with Gasteiger partial charge in [-0.3, -0.25) is 4.98 Å². The van der Waals surface area contributed by atoms with Gasteiger partial charge < -0.3 is 14.6 Å². The van der Waals surface area contributed by atoms with Crippen LogP contribution in [0.4, 0.5) is 0 Å². The van der Waals surface area contributed by atoms with Gasteiger partial charge in [0.05, 0.1) is 9.21 Å². The van der Waals surface area contributed by atoms with Gasteiger partial charge in [-0.2, -0.15) is 4.98 Å². The molecular weight excluding hydrogens is 336 g/mol. The van der Waals surface area contributed by atoms with Crippen molar-refractivity contribution in [3.8, 4) is 28.0 Å². The fourth-order valence-corrected chi connectivity index (χ4v) is 3.35. The molecule has 1 aliphatic rings. The molecule has 1 unspecified atom stereocenters. The molecule has 23 heavy (non-hydrogen) atoms. The van der Waals surface area contributed by atoms with Gasteiger partial charge in [0.15, 0.2) is 0 Å². The Bertz CT molecular complexity index is 813. The summed E-state index contributed by atoms with van der Waals surface area (Å²) < 4.78 is 11.9. The molecule has 4 rings (SSSR count). The smallest absolute Gasteiger partial charge is 0.268 e. The SMILES string of the molecule is Clc1ccc(-c2nc(-c3cc(OC4CCNC4)ccn3)no2)s1. The molecule has 0 amide bonds. The molecule has 1 aliphatic heterocycles. The minimum Gasteiger partial charge on any atom is -0.489 e. The molecule has 3 aromatic rings. The van der Waals surface area contributed by atoms with Gasteiger partial charge in [0.1, 0.15) is 17.5 Å². The maximum absolute atomic E-state index is 5.93. The summed E-state index contributed by atoms with van der Waals surface area (Å²) in [4.78, 5) is 9.51. The number of hydrogen-bond acceptors (Lipinski definition) is 7. The number of halogens is 1. The molecule has 0 radical (unpaired) electrons. The van der Waals surface area contributed by atoms with E-state index in [9.17, 15) is 0 Å². The summed E-state index contributed by atoms with van der Waals surface area (Å²) in [6.07, 6.45) is 2.88. The first kappa shape index (κ1) is 14.6. The lowest BCUT2D eigenvalue weighted by Crippen LogP contribution is -2.19. The third-order valence-electron chi connectivity index (χ3n) is 3.49. The van der Waals surface area contributed by atoms with E-state index < -0.39 is 0 Å². The number of rotatable bonds is 4. The highest BCUT2D eigenvalue weighted by Gasteiger charge is 2.17. The topological polar surface area (TPSA) is 73.1 Å². The van der Waals surface area contributed by atoms with Gasteiger partial charge in [0, 0.05) is 18.8 Å². The summed E-state index contributed by atoms with van der Waals surface area (Å²) in [7, 11) is 0. The van der Waals surface area contributed by atoms with Crippen LogP contribution in [0.3, 0.4) is 0 Å². The first-order chi connectivity index (χ1) is 11.3. The van der Waals surface area contributed by atoms with Crippen LogP contribution >= 0.6 is 22.9 Å². The minimum absolute atomic E-state index is 0.194. The van der Waals surface area contributed by atoms with E-state index in [4.69, 9.17) is 20.9 Å². The van der Waals surface area contributed by atoms with Crippen molar-refractivity contribution in [1.82, 2.24) is 20.4 Å². The zero-order chi connectivity index (χ0) is 15.6. The summed E-state index contributed by atoms with van der Waals surface area (Å²) in [5, 5.41) is 7.26. The Labute approximate surface area is 141 Å². The van der Waals surface area contributed by atoms with Crippen molar-refractivity contribution in [1.29, 1.82) is 0 Å². The third kappa shape index (κ3) is 3.21. The molecule has 118 valence electrons. The summed E-state index contributed by atoms with van der Waals surface area (Å²) in [6.45, 7) is 1.85. The van der Waals surface area contributed by atoms with Crippen LogP contribution in [0.15, 0.2) is 35.0 Å². The zero-order valence-electron chi connectivity index (χ0n) is 12.0. The standard InChI is InChI=1S/C15H13ClN4O2S/c16-13-2-1-12(23-13)15-19-14(20-22-15)11-7-9(4-6-18-11)21-10-3-5-17-8-10/h1-2,4,6-7,10,17H,3,5,8H2. The molecule has 1 saturated heterocycles. The fraction of sp³-hybridized carbons (Fsp3) is 0.267. The van der Waals surface area contributed by atoms with Crippen molar-refractivity contribution in [2.24, 2.45) is 0 Å². The second kappa shape index (κ2) is 6.27. The van der Waals surface area contributed by atoms with E-state index in [1.165, 1.54) is 11.3 Å². The van der Waals surface area contributed by atoms with Gasteiger partial charge in [-0.15, -0.1) is 11.3 Å². The lowest BCUT2D eigenvalue weighted by Gasteiger charge is -2.12. The summed E-state index contributed by atoms with van der Waals surface area (Å²) >= 11 is 7.32. The van der Waals surface area contributed by atoms with Crippen molar-refractivity contribution in [2.75, 3.05) is 13.1 Å². The highest BCUT2D eigenvalue weighted by Crippen LogP contribution is 2.31. The maximum atomic E-state index is 5.93. The van der Waals surface area contributed by atoms with E-state index in [0.29, 0.717) is 21.7 Å². The largest absolute Gasteiger partial charge is 0.489 e. The molecule has 0 aliphatic carbocycles. The van der Waals surface area contributed by atoms with Gasteiger partial charge >= 0.3 is 0 Å². The van der Waals surface area contributed by atoms with E-state index in [2.05, 4.69) is 20.4 Å². The van der Waals surface area contributed by atoms with Gasteiger partial charge in [0.2, 0.25) is 5.82 Å². The molecule has 8 heteroatoms. The van der Waals surface area contributed by atoms with E-state index in [-0.39, 0.29) is 6.10 Å². The van der Waals surface area contributed by atoms with E-state index in [1.54, 1.807) is 12.3 Å². The Morgan fingerprint density at radius 1 is 1.35 bits per heavy atom. The monoisotopic (exact) mass is 348 g/mol. The summed E-state index contributed by atoms with van der Waals surface area (Å²) in [6, 6.07) is 7.31. The Kier molecular flexibility index (Phi) is 3.99. The number of aromatic nitrogens is 3. The van der Waals surface area contributed by atoms with Crippen molar-refractivity contribution >= 4 is 22.9 Å². The van der Waals surface area contributed by atoms with Crippen LogP contribution in [-0.4, -0.2) is 34.3 Å². The normalized spacial score (nSPS) is 17.5. The maximum Gasteiger partial charge on any atom is 0.268 e. The molecule has 0 saturated carbocycles. The molecule has 1 N–H and O–H groups in total. The molecule has 3 aromatic heterocycles. The predicted octanol–water partition coefficient (Wildman–Crippen LogP) is 3.25. The Hall–Kier alpha value is -1.96. The first-order valence-electron chi connectivity index (χ1n) is 7.21. The number of pyridine rings is 1. The zero-order valence-corrected chi connectivity index (χ0v) is 13.6. The van der Waals surface area contributed by atoms with E-state index >= 15 is 0 Å². The molecule has 0 aromatic carbocycles. The molecular formula is C15H13ClN4O2S. The fourth-order valence-electron chi connectivity index (χ4n) is 2.38. The van der Waals surface area contributed by atoms with Crippen LogP contribution in [0.25, 0.3) is 22.3 Å². The first-order valence-corrected chi connectivity index (χ1v) is 8.40. The lowest BCUT2D eigenvalue weighted by atomic mass is 10.3. The molecule has 6 nitrogen and oxygen atoms in total. The Morgan fingerprint density at radius 3 is 3.09 bits per heavy atom. The van der Waals surface area contributed by atoms with Crippen LogP contribution in [0.2, 0.25) is 4.34 Å². The number of ether oxygens (including phenoxy) is 1. The Morgan fingerprint density at radius 2 is 2.30 bits per heavy atom. The van der Waals surface area contributed by atoms with Crippen molar-refractivity contribution in [2.45, 2.75) is 12.5 Å². The Balaban J connectivity index is 1.57. The number of nitrogens with one attached hydrogen (secondary N) is 1. The van der Waals surface area contributed by atoms with Crippen molar-refractivity contribution in [3.05, 3.63) is 34.8 Å². The van der Waals surface area contributed by atoms with E-state index in [0.717, 1.165) is 30.1 Å². The minimum atomic E-state index is 0.194. The number of thiophene rings is 1. The van der Waals surface area contributed by atoms with Gasteiger partial charge in [-0.05, 0) is 31.2 Å². The van der Waals surface area contributed by atoms with Gasteiger partial charge in [-0.1, -0.05) is 16.8 Å².